The molecule has 5 atom stereocenters. The van der Waals surface area contributed by atoms with Crippen molar-refractivity contribution in [1.82, 2.24) is 4.72 Å². The third-order valence-electron chi connectivity index (χ3n) is 2.19. The highest BCUT2D eigenvalue weighted by molar-refractivity contribution is 7.83. The first-order valence-corrected chi connectivity index (χ1v) is 5.75. The quantitative estimate of drug-likeness (QED) is 0.294. The van der Waals surface area contributed by atoms with Gasteiger partial charge in [-0.05, 0) is 0 Å². The van der Waals surface area contributed by atoms with Crippen LogP contribution in [0.4, 0.5) is 0 Å². The monoisotopic (exact) mass is 275 g/mol. The normalized spacial score (nSPS) is 38.5. The van der Waals surface area contributed by atoms with Gasteiger partial charge >= 0.3 is 10.3 Å². The summed E-state index contributed by atoms with van der Waals surface area (Å²) in [6, 6.07) is -1.62. The molecular weight excluding hydrogens is 258 g/mol. The Bertz CT molecular complexity index is 333. The van der Waals surface area contributed by atoms with E-state index in [1.165, 1.54) is 4.72 Å². The zero-order valence-corrected chi connectivity index (χ0v) is 8.78. The number of ether oxygens (including phenoxy) is 1. The van der Waals surface area contributed by atoms with E-state index in [4.69, 9.17) is 9.66 Å². The Hall–Kier alpha value is -0.330. The lowest BCUT2D eigenvalue weighted by Gasteiger charge is -2.39. The molecule has 0 radical (unpaired) electrons. The van der Waals surface area contributed by atoms with Gasteiger partial charge < -0.3 is 25.2 Å². The van der Waals surface area contributed by atoms with Gasteiger partial charge in [0.2, 0.25) is 0 Å². The van der Waals surface area contributed by atoms with Gasteiger partial charge in [-0.25, -0.2) is 0 Å². The molecule has 0 bridgehead atoms. The average Bonchev–Trinajstić information content (AvgIpc) is 2.17. The van der Waals surface area contributed by atoms with E-state index in [0.29, 0.717) is 0 Å². The number of hydrogen-bond donors (Lipinski definition) is 6. The molecule has 0 spiro atoms. The Labute approximate surface area is 98.5 Å². The number of hydrogen-bond acceptors (Lipinski definition) is 7. The predicted octanol–water partition coefficient (Wildman–Crippen LogP) is -3.19. The summed E-state index contributed by atoms with van der Waals surface area (Å²) in [4.78, 5) is 0. The van der Waals surface area contributed by atoms with Gasteiger partial charge in [0, 0.05) is 0 Å². The van der Waals surface area contributed by atoms with Crippen LogP contribution in [-0.4, -0.2) is 70.6 Å². The van der Waals surface area contributed by atoms with Crippen LogP contribution >= 0.6 is 0 Å². The Kier molecular flexibility index (Phi) is 5.90. The lowest BCUT2D eigenvalue weighted by Crippen LogP contribution is -2.64. The van der Waals surface area contributed by atoms with Crippen molar-refractivity contribution in [2.45, 2.75) is 38.1 Å². The molecule has 10 heteroatoms. The van der Waals surface area contributed by atoms with Gasteiger partial charge in [0.15, 0.2) is 6.29 Å². The second-order valence-corrected chi connectivity index (χ2v) is 4.53. The van der Waals surface area contributed by atoms with Crippen LogP contribution in [-0.2, 0) is 15.0 Å². The summed E-state index contributed by atoms with van der Waals surface area (Å²) in [5, 5.41) is 36.8. The minimum atomic E-state index is -4.66. The maximum Gasteiger partial charge on any atom is 0.333 e. The molecule has 1 fully saturated rings. The summed E-state index contributed by atoms with van der Waals surface area (Å²) in [6.07, 6.45) is -6.34. The van der Waals surface area contributed by atoms with E-state index in [0.717, 1.165) is 0 Å². The second kappa shape index (κ2) is 6.02. The molecule has 1 aliphatic heterocycles. The molecule has 0 aromatic rings. The molecule has 0 aromatic carbocycles. The van der Waals surface area contributed by atoms with E-state index in [1.54, 1.807) is 0 Å². The zero-order valence-electron chi connectivity index (χ0n) is 7.96. The summed E-state index contributed by atoms with van der Waals surface area (Å²) in [6.45, 7) is -0.659. The average molecular weight is 275 g/mol. The highest BCUT2D eigenvalue weighted by atomic mass is 32.2. The Morgan fingerprint density at radius 3 is 2.12 bits per heavy atom. The lowest BCUT2D eigenvalue weighted by molar-refractivity contribution is -0.251. The maximum absolute atomic E-state index is 10.5. The fraction of sp³-hybridized carbons (Fsp3) is 1.00. The zero-order chi connectivity index (χ0) is 12.5. The summed E-state index contributed by atoms with van der Waals surface area (Å²) < 4.78 is 35.6. The van der Waals surface area contributed by atoms with Crippen molar-refractivity contribution < 1.29 is 38.1 Å². The summed E-state index contributed by atoms with van der Waals surface area (Å²) in [7, 11) is -4.66. The molecule has 17 heavy (non-hydrogen) atoms. The van der Waals surface area contributed by atoms with E-state index >= 15 is 0 Å². The van der Waals surface area contributed by atoms with Gasteiger partial charge in [0.25, 0.3) is 0 Å². The van der Waals surface area contributed by atoms with Crippen LogP contribution in [0.1, 0.15) is 7.43 Å². The van der Waals surface area contributed by atoms with Gasteiger partial charge in [-0.2, -0.15) is 13.1 Å². The molecule has 9 nitrogen and oxygen atoms in total. The second-order valence-electron chi connectivity index (χ2n) is 3.35. The Balaban J connectivity index is 0.00000256. The minimum absolute atomic E-state index is 0. The molecule has 6 N–H and O–H groups in total. The molecule has 1 heterocycles. The number of aliphatic hydroxyl groups is 4. The van der Waals surface area contributed by atoms with E-state index in [1.807, 2.05) is 0 Å². The lowest BCUT2D eigenvalue weighted by atomic mass is 9.98. The van der Waals surface area contributed by atoms with Gasteiger partial charge in [0.05, 0.1) is 6.61 Å². The molecule has 1 unspecified atom stereocenters. The van der Waals surface area contributed by atoms with Crippen LogP contribution in [0.2, 0.25) is 0 Å². The Morgan fingerprint density at radius 2 is 1.71 bits per heavy atom. The maximum atomic E-state index is 10.5. The van der Waals surface area contributed by atoms with Crippen LogP contribution in [0.3, 0.4) is 0 Å². The van der Waals surface area contributed by atoms with Crippen LogP contribution in [0, 0.1) is 0 Å². The molecule has 1 aliphatic rings. The first kappa shape index (κ1) is 16.7. The largest absolute Gasteiger partial charge is 0.394 e. The molecular formula is C7H17NO8S. The molecule has 0 amide bonds. The fourth-order valence-electron chi connectivity index (χ4n) is 1.40. The third-order valence-corrected chi connectivity index (χ3v) is 2.76. The van der Waals surface area contributed by atoms with Crippen LogP contribution < -0.4 is 4.72 Å². The standard InChI is InChI=1S/C6H13NO8S.CH4/c8-1-2-4(9)5(10)3(6(11)15-2)7-16(12,13)14;/h2-11H,1H2,(H,12,13,14);1H4/t2-,3-,4-,5-,6?;/m1./s1. The van der Waals surface area contributed by atoms with Crippen molar-refractivity contribution >= 4 is 10.3 Å². The van der Waals surface area contributed by atoms with Crippen LogP contribution in [0.25, 0.3) is 0 Å². The van der Waals surface area contributed by atoms with Gasteiger partial charge in [-0.1, -0.05) is 7.43 Å². The fourth-order valence-corrected chi connectivity index (χ4v) is 2.00. The van der Waals surface area contributed by atoms with Crippen molar-refractivity contribution in [2.75, 3.05) is 6.61 Å². The van der Waals surface area contributed by atoms with Gasteiger partial charge in [-0.3, -0.25) is 4.55 Å². The molecule has 1 saturated heterocycles. The number of nitrogens with one attached hydrogen (secondary N) is 1. The van der Waals surface area contributed by atoms with Crippen LogP contribution in [0.15, 0.2) is 0 Å². The molecule has 0 aromatic heterocycles. The van der Waals surface area contributed by atoms with E-state index in [2.05, 4.69) is 4.74 Å². The molecule has 1 rings (SSSR count). The van der Waals surface area contributed by atoms with Crippen molar-refractivity contribution in [3.05, 3.63) is 0 Å². The number of aliphatic hydroxyl groups excluding tert-OH is 4. The first-order valence-electron chi connectivity index (χ1n) is 4.31. The SMILES string of the molecule is C.O=S(=O)(O)N[C@H]1C(O)O[C@H](CO)[C@@H](O)[C@@H]1O. The first-order chi connectivity index (χ1) is 7.26. The summed E-state index contributed by atoms with van der Waals surface area (Å²) in [5.74, 6) is 0. The van der Waals surface area contributed by atoms with Crippen molar-refractivity contribution in [1.29, 1.82) is 0 Å². The van der Waals surface area contributed by atoms with Crippen LogP contribution in [0.5, 0.6) is 0 Å². The van der Waals surface area contributed by atoms with E-state index < -0.39 is 47.6 Å². The summed E-state index contributed by atoms with van der Waals surface area (Å²) >= 11 is 0. The van der Waals surface area contributed by atoms with Crippen molar-refractivity contribution in [2.24, 2.45) is 0 Å². The third kappa shape index (κ3) is 4.12. The Morgan fingerprint density at radius 1 is 1.18 bits per heavy atom. The van der Waals surface area contributed by atoms with Crippen molar-refractivity contribution in [3.63, 3.8) is 0 Å². The van der Waals surface area contributed by atoms with Gasteiger partial charge in [-0.15, -0.1) is 0 Å². The van der Waals surface area contributed by atoms with E-state index in [9.17, 15) is 23.7 Å². The number of rotatable bonds is 3. The highest BCUT2D eigenvalue weighted by Crippen LogP contribution is 2.19. The highest BCUT2D eigenvalue weighted by Gasteiger charge is 2.44. The topological polar surface area (TPSA) is 157 Å². The molecule has 0 aliphatic carbocycles. The minimum Gasteiger partial charge on any atom is -0.394 e. The molecule has 0 saturated carbocycles. The summed E-state index contributed by atoms with van der Waals surface area (Å²) in [5.41, 5.74) is 0. The predicted molar refractivity (Wildman–Crippen MR) is 55.2 cm³/mol. The molecule has 104 valence electrons. The van der Waals surface area contributed by atoms with Gasteiger partial charge in [0.1, 0.15) is 24.4 Å². The smallest absolute Gasteiger partial charge is 0.333 e. The van der Waals surface area contributed by atoms with E-state index in [-0.39, 0.29) is 7.43 Å². The van der Waals surface area contributed by atoms with Crippen molar-refractivity contribution in [3.8, 4) is 0 Å².